The lowest BCUT2D eigenvalue weighted by Gasteiger charge is -2.37. The van der Waals surface area contributed by atoms with Crippen LogP contribution < -0.4 is 0 Å². The predicted molar refractivity (Wildman–Crippen MR) is 82.2 cm³/mol. The van der Waals surface area contributed by atoms with Gasteiger partial charge >= 0.3 is 0 Å². The Morgan fingerprint density at radius 3 is 2.17 bits per heavy atom. The molecule has 1 aromatic heterocycles. The van der Waals surface area contributed by atoms with Gasteiger partial charge in [0.15, 0.2) is 5.76 Å². The summed E-state index contributed by atoms with van der Waals surface area (Å²) in [7, 11) is -3.47. The first-order valence-electron chi connectivity index (χ1n) is 7.67. The number of carbonyl (C=O) groups excluding carboxylic acids is 1. The molecule has 0 atom stereocenters. The number of ether oxygens (including phenoxy) is 1. The van der Waals surface area contributed by atoms with E-state index in [-0.39, 0.29) is 5.91 Å². The van der Waals surface area contributed by atoms with Crippen LogP contribution in [0.15, 0.2) is 16.5 Å². The molecule has 0 aromatic carbocycles. The molecule has 3 heterocycles. The van der Waals surface area contributed by atoms with Crippen molar-refractivity contribution in [2.24, 2.45) is 0 Å². The van der Waals surface area contributed by atoms with E-state index in [2.05, 4.69) is 0 Å². The third kappa shape index (κ3) is 3.42. The number of morpholine rings is 1. The topological polar surface area (TPSA) is 83.3 Å². The van der Waals surface area contributed by atoms with Crippen LogP contribution in [0.3, 0.4) is 0 Å². The predicted octanol–water partition coefficient (Wildman–Crippen LogP) is -0.0772. The Bertz CT molecular complexity index is 658. The molecule has 3 rings (SSSR count). The normalized spacial score (nSPS) is 21.5. The lowest BCUT2D eigenvalue weighted by molar-refractivity contribution is 0.0617. The molecule has 1 aromatic rings. The molecule has 128 valence electrons. The Kier molecular flexibility index (Phi) is 4.72. The summed E-state index contributed by atoms with van der Waals surface area (Å²) >= 11 is 0. The van der Waals surface area contributed by atoms with Gasteiger partial charge in [0.05, 0.1) is 13.2 Å². The van der Waals surface area contributed by atoms with Crippen molar-refractivity contribution in [3.05, 3.63) is 23.7 Å². The molecule has 0 aliphatic carbocycles. The van der Waals surface area contributed by atoms with Gasteiger partial charge in [-0.15, -0.1) is 0 Å². The third-order valence-electron chi connectivity index (χ3n) is 4.10. The molecular weight excluding hydrogens is 322 g/mol. The van der Waals surface area contributed by atoms with Gasteiger partial charge in [-0.05, 0) is 19.1 Å². The van der Waals surface area contributed by atoms with Crippen LogP contribution in [-0.2, 0) is 14.9 Å². The number of rotatable bonds is 3. The summed E-state index contributed by atoms with van der Waals surface area (Å²) in [4.78, 5) is 13.9. The third-order valence-corrected chi connectivity index (χ3v) is 6.14. The van der Waals surface area contributed by atoms with Gasteiger partial charge in [-0.1, -0.05) is 0 Å². The van der Waals surface area contributed by atoms with Gasteiger partial charge in [0, 0.05) is 39.3 Å². The van der Waals surface area contributed by atoms with Crippen molar-refractivity contribution in [1.29, 1.82) is 0 Å². The van der Waals surface area contributed by atoms with Gasteiger partial charge in [-0.25, -0.2) is 0 Å². The number of hydrogen-bond acceptors (Lipinski definition) is 5. The minimum Gasteiger partial charge on any atom is -0.456 e. The van der Waals surface area contributed by atoms with Gasteiger partial charge in [0.2, 0.25) is 0 Å². The zero-order chi connectivity index (χ0) is 16.4. The maximum absolute atomic E-state index is 12.6. The van der Waals surface area contributed by atoms with Gasteiger partial charge in [-0.3, -0.25) is 4.79 Å². The second-order valence-electron chi connectivity index (χ2n) is 5.62. The fourth-order valence-corrected chi connectivity index (χ4v) is 4.33. The van der Waals surface area contributed by atoms with E-state index in [4.69, 9.17) is 9.15 Å². The van der Waals surface area contributed by atoms with E-state index in [9.17, 15) is 13.2 Å². The van der Waals surface area contributed by atoms with Crippen LogP contribution in [0.5, 0.6) is 0 Å². The Balaban J connectivity index is 1.60. The minimum absolute atomic E-state index is 0.193. The van der Waals surface area contributed by atoms with Crippen molar-refractivity contribution in [2.75, 3.05) is 52.5 Å². The first kappa shape index (κ1) is 16.4. The van der Waals surface area contributed by atoms with Crippen molar-refractivity contribution in [1.82, 2.24) is 13.5 Å². The molecule has 0 bridgehead atoms. The van der Waals surface area contributed by atoms with E-state index in [1.54, 1.807) is 24.0 Å². The van der Waals surface area contributed by atoms with Crippen molar-refractivity contribution in [3.8, 4) is 0 Å². The highest BCUT2D eigenvalue weighted by Crippen LogP contribution is 2.16. The number of nitrogens with zero attached hydrogens (tertiary/aromatic N) is 3. The van der Waals surface area contributed by atoms with Crippen molar-refractivity contribution >= 4 is 16.1 Å². The SMILES string of the molecule is Cc1ccc(C(=O)N2CCN(S(=O)(=O)N3CCOCC3)CC2)o1. The number of furan rings is 1. The van der Waals surface area contributed by atoms with E-state index in [1.807, 2.05) is 0 Å². The summed E-state index contributed by atoms with van der Waals surface area (Å²) in [6.45, 7) is 4.72. The summed E-state index contributed by atoms with van der Waals surface area (Å²) in [5.74, 6) is 0.787. The van der Waals surface area contributed by atoms with Gasteiger partial charge in [0.1, 0.15) is 5.76 Å². The molecule has 23 heavy (non-hydrogen) atoms. The van der Waals surface area contributed by atoms with Crippen molar-refractivity contribution in [3.63, 3.8) is 0 Å². The first-order valence-corrected chi connectivity index (χ1v) is 9.07. The Labute approximate surface area is 135 Å². The standard InChI is InChI=1S/C14H21N3O5S/c1-12-2-3-13(22-12)14(18)15-4-6-16(7-5-15)23(19,20)17-8-10-21-11-9-17/h2-3H,4-11H2,1H3. The molecule has 0 radical (unpaired) electrons. The highest BCUT2D eigenvalue weighted by atomic mass is 32.2. The lowest BCUT2D eigenvalue weighted by Crippen LogP contribution is -2.55. The van der Waals surface area contributed by atoms with Gasteiger partial charge in [-0.2, -0.15) is 17.0 Å². The fourth-order valence-electron chi connectivity index (χ4n) is 2.77. The zero-order valence-corrected chi connectivity index (χ0v) is 13.9. The van der Waals surface area contributed by atoms with E-state index >= 15 is 0 Å². The van der Waals surface area contributed by atoms with Crippen molar-refractivity contribution in [2.45, 2.75) is 6.92 Å². The molecule has 0 unspecified atom stereocenters. The summed E-state index contributed by atoms with van der Waals surface area (Å²) in [5.41, 5.74) is 0. The molecule has 0 saturated carbocycles. The lowest BCUT2D eigenvalue weighted by atomic mass is 10.3. The average molecular weight is 343 g/mol. The summed E-state index contributed by atoms with van der Waals surface area (Å²) in [6, 6.07) is 3.39. The van der Waals surface area contributed by atoms with Crippen LogP contribution in [0, 0.1) is 6.92 Å². The largest absolute Gasteiger partial charge is 0.456 e. The summed E-state index contributed by atoms with van der Waals surface area (Å²) in [6.07, 6.45) is 0. The molecule has 1 amide bonds. The molecule has 2 saturated heterocycles. The summed E-state index contributed by atoms with van der Waals surface area (Å²) in [5, 5.41) is 0. The molecule has 9 heteroatoms. The fraction of sp³-hybridized carbons (Fsp3) is 0.643. The van der Waals surface area contributed by atoms with Gasteiger partial charge < -0.3 is 14.1 Å². The summed E-state index contributed by atoms with van der Waals surface area (Å²) < 4.78 is 38.6. The van der Waals surface area contributed by atoms with Crippen LogP contribution in [0.25, 0.3) is 0 Å². The van der Waals surface area contributed by atoms with E-state index in [0.717, 1.165) is 0 Å². The first-order chi connectivity index (χ1) is 11.0. The van der Waals surface area contributed by atoms with Gasteiger partial charge in [0.25, 0.3) is 16.1 Å². The molecule has 0 N–H and O–H groups in total. The number of amides is 1. The maximum atomic E-state index is 12.6. The number of aryl methyl sites for hydroxylation is 1. The van der Waals surface area contributed by atoms with E-state index < -0.39 is 10.2 Å². The molecule has 8 nitrogen and oxygen atoms in total. The average Bonchev–Trinajstić information content (AvgIpc) is 3.01. The van der Waals surface area contributed by atoms with E-state index in [1.165, 1.54) is 8.61 Å². The minimum atomic E-state index is -3.47. The Morgan fingerprint density at radius 2 is 1.61 bits per heavy atom. The maximum Gasteiger partial charge on any atom is 0.289 e. The Hall–Kier alpha value is -1.42. The highest BCUT2D eigenvalue weighted by molar-refractivity contribution is 7.86. The van der Waals surface area contributed by atoms with Crippen LogP contribution in [0.2, 0.25) is 0 Å². The molecular formula is C14H21N3O5S. The van der Waals surface area contributed by atoms with Crippen LogP contribution >= 0.6 is 0 Å². The second-order valence-corrected chi connectivity index (χ2v) is 7.55. The molecule has 0 spiro atoms. The molecule has 2 aliphatic rings. The zero-order valence-electron chi connectivity index (χ0n) is 13.1. The highest BCUT2D eigenvalue weighted by Gasteiger charge is 2.34. The van der Waals surface area contributed by atoms with Crippen LogP contribution in [0.4, 0.5) is 0 Å². The monoisotopic (exact) mass is 343 g/mol. The molecule has 2 fully saturated rings. The number of carbonyl (C=O) groups is 1. The van der Waals surface area contributed by atoms with E-state index in [0.29, 0.717) is 64.0 Å². The number of piperazine rings is 1. The van der Waals surface area contributed by atoms with Crippen LogP contribution in [-0.4, -0.2) is 80.3 Å². The molecule has 2 aliphatic heterocycles. The number of hydrogen-bond donors (Lipinski definition) is 0. The van der Waals surface area contributed by atoms with Crippen LogP contribution in [0.1, 0.15) is 16.3 Å². The second kappa shape index (κ2) is 6.60. The Morgan fingerprint density at radius 1 is 1.00 bits per heavy atom. The van der Waals surface area contributed by atoms with Crippen molar-refractivity contribution < 1.29 is 22.4 Å². The quantitative estimate of drug-likeness (QED) is 0.767. The smallest absolute Gasteiger partial charge is 0.289 e.